The fourth-order valence-corrected chi connectivity index (χ4v) is 3.35. The molecule has 1 atom stereocenters. The third-order valence-electron chi connectivity index (χ3n) is 4.13. The summed E-state index contributed by atoms with van der Waals surface area (Å²) < 4.78 is 0. The van der Waals surface area contributed by atoms with Crippen LogP contribution in [0.25, 0.3) is 0 Å². The van der Waals surface area contributed by atoms with Crippen LogP contribution in [0.5, 0.6) is 0 Å². The van der Waals surface area contributed by atoms with E-state index in [0.29, 0.717) is 0 Å². The van der Waals surface area contributed by atoms with E-state index >= 15 is 0 Å². The van der Waals surface area contributed by atoms with E-state index in [2.05, 4.69) is 29.2 Å². The second-order valence-corrected chi connectivity index (χ2v) is 4.73. The maximum Gasteiger partial charge on any atom is 0.0587 e. The Bertz CT molecular complexity index is 375. The van der Waals surface area contributed by atoms with E-state index in [1.807, 2.05) is 0 Å². The number of hydrogen-bond acceptors (Lipinski definition) is 2. The highest BCUT2D eigenvalue weighted by Gasteiger charge is 2.44. The molecule has 2 nitrogen and oxygen atoms in total. The molecule has 0 saturated carbocycles. The molecule has 2 heterocycles. The van der Waals surface area contributed by atoms with E-state index in [9.17, 15) is 0 Å². The lowest BCUT2D eigenvalue weighted by atomic mass is 9.80. The average molecular weight is 202 g/mol. The minimum absolute atomic E-state index is 0.175. The molecule has 2 aliphatic rings. The van der Waals surface area contributed by atoms with Crippen LogP contribution in [-0.4, -0.2) is 24.5 Å². The maximum atomic E-state index is 6.05. The Morgan fingerprint density at radius 2 is 2.13 bits per heavy atom. The van der Waals surface area contributed by atoms with Gasteiger partial charge in [-0.15, -0.1) is 0 Å². The summed E-state index contributed by atoms with van der Waals surface area (Å²) in [6.45, 7) is 3.18. The summed E-state index contributed by atoms with van der Waals surface area (Å²) >= 11 is 0. The van der Waals surface area contributed by atoms with E-state index in [-0.39, 0.29) is 5.54 Å². The van der Waals surface area contributed by atoms with Gasteiger partial charge in [-0.05, 0) is 36.9 Å². The van der Waals surface area contributed by atoms with Crippen molar-refractivity contribution in [2.75, 3.05) is 19.6 Å². The quantitative estimate of drug-likeness (QED) is 0.747. The predicted octanol–water partition coefficient (Wildman–Crippen LogP) is 1.49. The van der Waals surface area contributed by atoms with Gasteiger partial charge < -0.3 is 5.73 Å². The molecule has 0 spiro atoms. The minimum atomic E-state index is 0.175. The molecule has 15 heavy (non-hydrogen) atoms. The van der Waals surface area contributed by atoms with Crippen molar-refractivity contribution in [3.05, 3.63) is 35.4 Å². The van der Waals surface area contributed by atoms with Crippen LogP contribution >= 0.6 is 0 Å². The Hall–Kier alpha value is -0.860. The zero-order valence-corrected chi connectivity index (χ0v) is 9.08. The van der Waals surface area contributed by atoms with E-state index in [0.717, 1.165) is 6.54 Å². The van der Waals surface area contributed by atoms with Crippen molar-refractivity contribution >= 4 is 0 Å². The van der Waals surface area contributed by atoms with Crippen LogP contribution in [0.4, 0.5) is 0 Å². The molecular formula is C13H18N2. The smallest absolute Gasteiger partial charge is 0.0587 e. The fraction of sp³-hybridized carbons (Fsp3) is 0.538. The van der Waals surface area contributed by atoms with Gasteiger partial charge in [-0.25, -0.2) is 0 Å². The van der Waals surface area contributed by atoms with Gasteiger partial charge in [-0.1, -0.05) is 24.3 Å². The molecule has 3 rings (SSSR count). The Kier molecular flexibility index (Phi) is 2.08. The lowest BCUT2D eigenvalue weighted by Gasteiger charge is -2.43. The number of fused-ring (bicyclic) bond motifs is 3. The van der Waals surface area contributed by atoms with E-state index < -0.39 is 0 Å². The van der Waals surface area contributed by atoms with Gasteiger partial charge >= 0.3 is 0 Å². The molecule has 2 N–H and O–H groups in total. The molecule has 2 heteroatoms. The van der Waals surface area contributed by atoms with Crippen molar-refractivity contribution in [1.29, 1.82) is 0 Å². The number of hydrogen-bond donors (Lipinski definition) is 1. The van der Waals surface area contributed by atoms with Crippen molar-refractivity contribution in [2.45, 2.75) is 24.8 Å². The molecule has 2 aliphatic heterocycles. The molecule has 0 aromatic heterocycles. The van der Waals surface area contributed by atoms with Gasteiger partial charge in [0, 0.05) is 13.1 Å². The van der Waals surface area contributed by atoms with Gasteiger partial charge in [0.05, 0.1) is 5.54 Å². The SMILES string of the molecule is NCC12CCCN1CCc1ccccc12. The zero-order chi connectivity index (χ0) is 10.3. The first-order valence-electron chi connectivity index (χ1n) is 5.90. The van der Waals surface area contributed by atoms with Crippen LogP contribution in [0.3, 0.4) is 0 Å². The third-order valence-corrected chi connectivity index (χ3v) is 4.13. The minimum Gasteiger partial charge on any atom is -0.328 e. The van der Waals surface area contributed by atoms with E-state index in [4.69, 9.17) is 5.73 Å². The number of nitrogens with zero attached hydrogens (tertiary/aromatic N) is 1. The molecule has 0 radical (unpaired) electrons. The Balaban J connectivity index is 2.15. The standard InChI is InChI=1S/C13H18N2/c14-10-13-7-3-8-15(13)9-6-11-4-1-2-5-12(11)13/h1-2,4-5H,3,6-10,14H2. The van der Waals surface area contributed by atoms with Crippen molar-refractivity contribution in [2.24, 2.45) is 5.73 Å². The van der Waals surface area contributed by atoms with Gasteiger partial charge in [0.1, 0.15) is 0 Å². The molecule has 1 unspecified atom stereocenters. The Morgan fingerprint density at radius 3 is 3.00 bits per heavy atom. The summed E-state index contributed by atoms with van der Waals surface area (Å²) in [5, 5.41) is 0. The molecule has 0 amide bonds. The second kappa shape index (κ2) is 3.32. The molecule has 0 aliphatic carbocycles. The average Bonchev–Trinajstić information content (AvgIpc) is 2.73. The van der Waals surface area contributed by atoms with E-state index in [1.54, 1.807) is 0 Å². The Labute approximate surface area is 91.1 Å². The highest BCUT2D eigenvalue weighted by Crippen LogP contribution is 2.42. The highest BCUT2D eigenvalue weighted by molar-refractivity contribution is 5.37. The first-order valence-corrected chi connectivity index (χ1v) is 5.90. The van der Waals surface area contributed by atoms with Crippen molar-refractivity contribution in [1.82, 2.24) is 4.90 Å². The summed E-state index contributed by atoms with van der Waals surface area (Å²) in [7, 11) is 0. The van der Waals surface area contributed by atoms with Crippen LogP contribution in [0.15, 0.2) is 24.3 Å². The third kappa shape index (κ3) is 1.18. The van der Waals surface area contributed by atoms with Crippen LogP contribution in [-0.2, 0) is 12.0 Å². The fourth-order valence-electron chi connectivity index (χ4n) is 3.35. The molecule has 1 saturated heterocycles. The second-order valence-electron chi connectivity index (χ2n) is 4.73. The summed E-state index contributed by atoms with van der Waals surface area (Å²) in [5.74, 6) is 0. The molecule has 1 fully saturated rings. The van der Waals surface area contributed by atoms with Gasteiger partial charge in [0.15, 0.2) is 0 Å². The monoisotopic (exact) mass is 202 g/mol. The first kappa shape index (κ1) is 9.37. The number of nitrogens with two attached hydrogens (primary N) is 1. The largest absolute Gasteiger partial charge is 0.328 e. The Morgan fingerprint density at radius 1 is 1.27 bits per heavy atom. The number of benzene rings is 1. The van der Waals surface area contributed by atoms with Crippen LogP contribution in [0.2, 0.25) is 0 Å². The van der Waals surface area contributed by atoms with Crippen LogP contribution < -0.4 is 5.73 Å². The number of rotatable bonds is 1. The normalized spacial score (nSPS) is 29.9. The van der Waals surface area contributed by atoms with Gasteiger partial charge in [0.2, 0.25) is 0 Å². The molecular weight excluding hydrogens is 184 g/mol. The predicted molar refractivity (Wildman–Crippen MR) is 61.7 cm³/mol. The van der Waals surface area contributed by atoms with Gasteiger partial charge in [-0.2, -0.15) is 0 Å². The van der Waals surface area contributed by atoms with Crippen LogP contribution in [0, 0.1) is 0 Å². The summed E-state index contributed by atoms with van der Waals surface area (Å²) in [5.41, 5.74) is 9.24. The molecule has 1 aromatic carbocycles. The van der Waals surface area contributed by atoms with Crippen molar-refractivity contribution in [3.8, 4) is 0 Å². The lowest BCUT2D eigenvalue weighted by molar-refractivity contribution is 0.131. The molecule has 80 valence electrons. The first-order chi connectivity index (χ1) is 7.37. The van der Waals surface area contributed by atoms with Gasteiger partial charge in [-0.3, -0.25) is 4.90 Å². The topological polar surface area (TPSA) is 29.3 Å². The van der Waals surface area contributed by atoms with Crippen molar-refractivity contribution < 1.29 is 0 Å². The highest BCUT2D eigenvalue weighted by atomic mass is 15.2. The summed E-state index contributed by atoms with van der Waals surface area (Å²) in [6, 6.07) is 8.84. The van der Waals surface area contributed by atoms with E-state index in [1.165, 1.54) is 43.5 Å². The zero-order valence-electron chi connectivity index (χ0n) is 9.08. The van der Waals surface area contributed by atoms with Gasteiger partial charge in [0.25, 0.3) is 0 Å². The molecule has 0 bridgehead atoms. The summed E-state index contributed by atoms with van der Waals surface area (Å²) in [6.07, 6.45) is 3.73. The maximum absolute atomic E-state index is 6.05. The lowest BCUT2D eigenvalue weighted by Crippen LogP contribution is -2.50. The van der Waals surface area contributed by atoms with Crippen LogP contribution in [0.1, 0.15) is 24.0 Å². The van der Waals surface area contributed by atoms with Crippen molar-refractivity contribution in [3.63, 3.8) is 0 Å². The summed E-state index contributed by atoms with van der Waals surface area (Å²) in [4.78, 5) is 2.59. The molecule has 1 aromatic rings.